The van der Waals surface area contributed by atoms with Crippen LogP contribution in [-0.4, -0.2) is 23.4 Å². The van der Waals surface area contributed by atoms with E-state index in [1.165, 1.54) is 5.56 Å². The maximum Gasteiger partial charge on any atom is 0.119 e. The van der Waals surface area contributed by atoms with Crippen molar-refractivity contribution in [1.29, 1.82) is 0 Å². The predicted molar refractivity (Wildman–Crippen MR) is 77.3 cm³/mol. The van der Waals surface area contributed by atoms with Crippen molar-refractivity contribution in [1.82, 2.24) is 5.32 Å². The van der Waals surface area contributed by atoms with Crippen LogP contribution < -0.4 is 5.32 Å². The van der Waals surface area contributed by atoms with Crippen LogP contribution in [0.2, 0.25) is 0 Å². The average Bonchev–Trinajstić information content (AvgIpc) is 2.79. The molecule has 1 atom stereocenters. The van der Waals surface area contributed by atoms with Crippen LogP contribution in [0.3, 0.4) is 0 Å². The molecule has 3 nitrogen and oxygen atoms in total. The van der Waals surface area contributed by atoms with Crippen LogP contribution in [0, 0.1) is 5.41 Å². The number of benzene rings is 1. The van der Waals surface area contributed by atoms with Crippen LogP contribution >= 0.6 is 0 Å². The zero-order valence-corrected chi connectivity index (χ0v) is 11.9. The van der Waals surface area contributed by atoms with Gasteiger partial charge in [0.15, 0.2) is 0 Å². The fourth-order valence-corrected chi connectivity index (χ4v) is 2.89. The fourth-order valence-electron chi connectivity index (χ4n) is 2.89. The molecule has 1 aliphatic rings. The first-order valence-corrected chi connectivity index (χ1v) is 7.18. The molecule has 0 saturated carbocycles. The summed E-state index contributed by atoms with van der Waals surface area (Å²) in [5.74, 6) is 0.432. The van der Waals surface area contributed by atoms with E-state index in [1.54, 1.807) is 6.07 Å². The molecule has 0 bridgehead atoms. The van der Waals surface area contributed by atoms with E-state index in [1.807, 2.05) is 6.07 Å². The van der Waals surface area contributed by atoms with Gasteiger partial charge in [0.25, 0.3) is 0 Å². The van der Waals surface area contributed by atoms with Crippen LogP contribution in [0.1, 0.15) is 50.3 Å². The molecular weight excluding hydrogens is 238 g/mol. The summed E-state index contributed by atoms with van der Waals surface area (Å²) in [6.45, 7) is 5.66. The van der Waals surface area contributed by atoms with Gasteiger partial charge in [0.05, 0.1) is 0 Å². The second kappa shape index (κ2) is 5.93. The molecule has 0 saturated heterocycles. The van der Waals surface area contributed by atoms with Crippen LogP contribution in [0.4, 0.5) is 0 Å². The van der Waals surface area contributed by atoms with Gasteiger partial charge in [0.1, 0.15) is 5.75 Å². The molecule has 0 radical (unpaired) electrons. The van der Waals surface area contributed by atoms with Crippen LogP contribution in [0.5, 0.6) is 5.75 Å². The second-order valence-electron chi connectivity index (χ2n) is 6.31. The highest BCUT2D eigenvalue weighted by atomic mass is 16.3. The molecule has 3 heteroatoms. The third-order valence-electron chi connectivity index (χ3n) is 4.08. The zero-order valence-electron chi connectivity index (χ0n) is 11.9. The van der Waals surface area contributed by atoms with E-state index in [2.05, 4.69) is 25.2 Å². The molecule has 2 rings (SSSR count). The van der Waals surface area contributed by atoms with E-state index < -0.39 is 0 Å². The SMILES string of the molecule is CC(C)(CCCO)CNC1CCc2c(O)cccc21. The second-order valence-corrected chi connectivity index (χ2v) is 6.31. The normalized spacial score (nSPS) is 18.6. The van der Waals surface area contributed by atoms with E-state index in [0.717, 1.165) is 37.8 Å². The van der Waals surface area contributed by atoms with Gasteiger partial charge in [-0.3, -0.25) is 0 Å². The largest absolute Gasteiger partial charge is 0.508 e. The van der Waals surface area contributed by atoms with Crippen molar-refractivity contribution in [2.24, 2.45) is 5.41 Å². The summed E-state index contributed by atoms with van der Waals surface area (Å²) in [5.41, 5.74) is 2.55. The van der Waals surface area contributed by atoms with Gasteiger partial charge in [-0.1, -0.05) is 26.0 Å². The molecule has 1 aromatic rings. The molecule has 0 amide bonds. The third-order valence-corrected chi connectivity index (χ3v) is 4.08. The first-order valence-electron chi connectivity index (χ1n) is 7.18. The van der Waals surface area contributed by atoms with E-state index in [-0.39, 0.29) is 12.0 Å². The number of fused-ring (bicyclic) bond motifs is 1. The summed E-state index contributed by atoms with van der Waals surface area (Å²) >= 11 is 0. The Morgan fingerprint density at radius 3 is 2.89 bits per heavy atom. The zero-order chi connectivity index (χ0) is 13.9. The Balaban J connectivity index is 1.94. The standard InChI is InChI=1S/C16H25NO2/c1-16(2,9-4-10-18)11-17-14-8-7-13-12(14)5-3-6-15(13)19/h3,5-6,14,17-19H,4,7-11H2,1-2H3. The van der Waals surface area contributed by atoms with Crippen molar-refractivity contribution >= 4 is 0 Å². The average molecular weight is 263 g/mol. The number of phenols is 1. The quantitative estimate of drug-likeness (QED) is 0.739. The summed E-state index contributed by atoms with van der Waals surface area (Å²) in [6, 6.07) is 6.16. The van der Waals surface area contributed by atoms with Gasteiger partial charge in [-0.15, -0.1) is 0 Å². The Bertz CT molecular complexity index is 429. The Labute approximate surface area is 115 Å². The summed E-state index contributed by atoms with van der Waals surface area (Å²) in [7, 11) is 0. The Hall–Kier alpha value is -1.06. The van der Waals surface area contributed by atoms with E-state index in [9.17, 15) is 5.11 Å². The maximum atomic E-state index is 9.84. The molecule has 0 fully saturated rings. The predicted octanol–water partition coefficient (Wildman–Crippen LogP) is 2.77. The molecule has 19 heavy (non-hydrogen) atoms. The van der Waals surface area contributed by atoms with E-state index in [0.29, 0.717) is 11.8 Å². The first-order chi connectivity index (χ1) is 9.03. The number of phenolic OH excluding ortho intramolecular Hbond substituents is 1. The molecule has 1 aliphatic carbocycles. The van der Waals surface area contributed by atoms with Gasteiger partial charge in [-0.2, -0.15) is 0 Å². The highest BCUT2D eigenvalue weighted by molar-refractivity contribution is 5.44. The van der Waals surface area contributed by atoms with Gasteiger partial charge >= 0.3 is 0 Å². The number of nitrogens with one attached hydrogen (secondary N) is 1. The smallest absolute Gasteiger partial charge is 0.119 e. The third kappa shape index (κ3) is 3.48. The van der Waals surface area contributed by atoms with Crippen molar-refractivity contribution in [2.75, 3.05) is 13.2 Å². The number of aromatic hydroxyl groups is 1. The lowest BCUT2D eigenvalue weighted by Crippen LogP contribution is -2.31. The topological polar surface area (TPSA) is 52.5 Å². The molecule has 0 spiro atoms. The Kier molecular flexibility index (Phi) is 4.48. The van der Waals surface area contributed by atoms with Crippen LogP contribution in [-0.2, 0) is 6.42 Å². The summed E-state index contributed by atoms with van der Waals surface area (Å²) in [6.07, 6.45) is 3.90. The molecule has 1 unspecified atom stereocenters. The monoisotopic (exact) mass is 263 g/mol. The van der Waals surface area contributed by atoms with E-state index in [4.69, 9.17) is 5.11 Å². The van der Waals surface area contributed by atoms with Gasteiger partial charge in [-0.25, -0.2) is 0 Å². The maximum absolute atomic E-state index is 9.84. The number of aliphatic hydroxyl groups excluding tert-OH is 1. The lowest BCUT2D eigenvalue weighted by atomic mass is 9.87. The summed E-state index contributed by atoms with van der Waals surface area (Å²) in [5, 5.41) is 22.4. The number of rotatable bonds is 6. The van der Waals surface area contributed by atoms with Gasteiger partial charge in [0, 0.05) is 19.2 Å². The highest BCUT2D eigenvalue weighted by Crippen LogP contribution is 2.36. The number of hydrogen-bond acceptors (Lipinski definition) is 3. The van der Waals surface area contributed by atoms with Gasteiger partial charge in [-0.05, 0) is 48.3 Å². The molecule has 3 N–H and O–H groups in total. The minimum absolute atomic E-state index is 0.197. The molecule has 0 aromatic heterocycles. The van der Waals surface area contributed by atoms with Crippen molar-refractivity contribution in [3.8, 4) is 5.75 Å². The van der Waals surface area contributed by atoms with Gasteiger partial charge in [0.2, 0.25) is 0 Å². The first kappa shape index (κ1) is 14.4. The Morgan fingerprint density at radius 2 is 2.16 bits per heavy atom. The van der Waals surface area contributed by atoms with Crippen molar-refractivity contribution < 1.29 is 10.2 Å². The minimum atomic E-state index is 0.197. The Morgan fingerprint density at radius 1 is 1.37 bits per heavy atom. The number of hydrogen-bond donors (Lipinski definition) is 3. The van der Waals surface area contributed by atoms with Crippen molar-refractivity contribution in [3.05, 3.63) is 29.3 Å². The van der Waals surface area contributed by atoms with Crippen molar-refractivity contribution in [2.45, 2.75) is 45.6 Å². The van der Waals surface area contributed by atoms with E-state index >= 15 is 0 Å². The van der Waals surface area contributed by atoms with Gasteiger partial charge < -0.3 is 15.5 Å². The van der Waals surface area contributed by atoms with Crippen LogP contribution in [0.15, 0.2) is 18.2 Å². The van der Waals surface area contributed by atoms with Crippen molar-refractivity contribution in [3.63, 3.8) is 0 Å². The molecular formula is C16H25NO2. The molecule has 106 valence electrons. The highest BCUT2D eigenvalue weighted by Gasteiger charge is 2.26. The lowest BCUT2D eigenvalue weighted by molar-refractivity contribution is 0.231. The number of aliphatic hydroxyl groups is 1. The minimum Gasteiger partial charge on any atom is -0.508 e. The molecule has 1 aromatic carbocycles. The molecule has 0 aliphatic heterocycles. The lowest BCUT2D eigenvalue weighted by Gasteiger charge is -2.27. The molecule has 0 heterocycles. The summed E-state index contributed by atoms with van der Waals surface area (Å²) < 4.78 is 0. The fraction of sp³-hybridized carbons (Fsp3) is 0.625. The van der Waals surface area contributed by atoms with Crippen LogP contribution in [0.25, 0.3) is 0 Å². The summed E-state index contributed by atoms with van der Waals surface area (Å²) in [4.78, 5) is 0.